The summed E-state index contributed by atoms with van der Waals surface area (Å²) in [6.45, 7) is 2.23. The Balaban J connectivity index is 1.88. The van der Waals surface area contributed by atoms with Crippen molar-refractivity contribution in [3.05, 3.63) is 65.7 Å². The van der Waals surface area contributed by atoms with Crippen molar-refractivity contribution in [3.63, 3.8) is 0 Å². The molecule has 1 aliphatic rings. The Morgan fingerprint density at radius 2 is 2.00 bits per heavy atom. The number of pyridine rings is 1. The van der Waals surface area contributed by atoms with Gasteiger partial charge in [-0.15, -0.1) is 0 Å². The van der Waals surface area contributed by atoms with E-state index in [1.807, 2.05) is 18.2 Å². The van der Waals surface area contributed by atoms with Gasteiger partial charge in [-0.1, -0.05) is 18.2 Å². The van der Waals surface area contributed by atoms with Crippen LogP contribution in [0.5, 0.6) is 0 Å². The Bertz CT molecular complexity index is 669. The Kier molecular flexibility index (Phi) is 5.54. The van der Waals surface area contributed by atoms with Gasteiger partial charge in [0.05, 0.1) is 17.8 Å². The van der Waals surface area contributed by atoms with Crippen LogP contribution in [0.4, 0.5) is 4.39 Å². The van der Waals surface area contributed by atoms with Gasteiger partial charge in [0.25, 0.3) is 5.91 Å². The minimum absolute atomic E-state index is 0.0918. The molecule has 0 bridgehead atoms. The van der Waals surface area contributed by atoms with Gasteiger partial charge in [0, 0.05) is 12.2 Å². The van der Waals surface area contributed by atoms with Gasteiger partial charge in [0.1, 0.15) is 5.82 Å². The first kappa shape index (κ1) is 16.6. The molecule has 0 aliphatic carbocycles. The average Bonchev–Trinajstić information content (AvgIpc) is 2.90. The number of nitrogens with one attached hydrogen (secondary N) is 1. The maximum atomic E-state index is 14.1. The van der Waals surface area contributed by atoms with Crippen molar-refractivity contribution in [2.75, 3.05) is 13.1 Å². The van der Waals surface area contributed by atoms with E-state index in [4.69, 9.17) is 0 Å². The van der Waals surface area contributed by atoms with Crippen molar-refractivity contribution in [3.8, 4) is 0 Å². The third-order valence-corrected chi connectivity index (χ3v) is 4.41. The molecule has 2 aromatic rings. The maximum absolute atomic E-state index is 14.1. The van der Waals surface area contributed by atoms with Crippen molar-refractivity contribution >= 4 is 5.91 Å². The number of hydrogen-bond acceptors (Lipinski definition) is 3. The number of nitrogens with zero attached hydrogens (tertiary/aromatic N) is 2. The highest BCUT2D eigenvalue weighted by atomic mass is 19.1. The molecule has 3 rings (SSSR count). The molecule has 0 spiro atoms. The fraction of sp³-hybridized carbons (Fsp3) is 0.368. The summed E-state index contributed by atoms with van der Waals surface area (Å²) >= 11 is 0. The molecule has 0 unspecified atom stereocenters. The quantitative estimate of drug-likeness (QED) is 0.939. The second kappa shape index (κ2) is 8.02. The molecule has 1 amide bonds. The summed E-state index contributed by atoms with van der Waals surface area (Å²) in [5.41, 5.74) is 0.949. The summed E-state index contributed by atoms with van der Waals surface area (Å²) < 4.78 is 14.1. The Morgan fingerprint density at radius 3 is 2.79 bits per heavy atom. The van der Waals surface area contributed by atoms with Gasteiger partial charge in [-0.2, -0.15) is 0 Å². The van der Waals surface area contributed by atoms with E-state index in [0.29, 0.717) is 6.54 Å². The second-order valence-corrected chi connectivity index (χ2v) is 6.07. The van der Waals surface area contributed by atoms with Crippen LogP contribution in [0.2, 0.25) is 0 Å². The van der Waals surface area contributed by atoms with E-state index in [1.165, 1.54) is 6.07 Å². The molecule has 1 aromatic heterocycles. The highest BCUT2D eigenvalue weighted by Crippen LogP contribution is 2.20. The molecule has 2 heterocycles. The SMILES string of the molecule is O=C(c1ccccc1F)N(Cc1ccccn1)[C@@H]1CCCNCC1. The van der Waals surface area contributed by atoms with E-state index < -0.39 is 5.82 Å². The van der Waals surface area contributed by atoms with Crippen LogP contribution in [0.1, 0.15) is 35.3 Å². The molecule has 1 N–H and O–H groups in total. The molecule has 1 fully saturated rings. The van der Waals surface area contributed by atoms with Crippen LogP contribution < -0.4 is 5.32 Å². The summed E-state index contributed by atoms with van der Waals surface area (Å²) in [6, 6.07) is 11.9. The van der Waals surface area contributed by atoms with E-state index >= 15 is 0 Å². The Labute approximate surface area is 141 Å². The van der Waals surface area contributed by atoms with E-state index in [9.17, 15) is 9.18 Å². The van der Waals surface area contributed by atoms with Crippen LogP contribution in [-0.4, -0.2) is 34.9 Å². The molecule has 1 saturated heterocycles. The first-order valence-electron chi connectivity index (χ1n) is 8.42. The minimum atomic E-state index is -0.472. The number of hydrogen-bond donors (Lipinski definition) is 1. The lowest BCUT2D eigenvalue weighted by Crippen LogP contribution is -2.41. The first-order chi connectivity index (χ1) is 11.8. The van der Waals surface area contributed by atoms with Crippen molar-refractivity contribution in [1.82, 2.24) is 15.2 Å². The molecule has 126 valence electrons. The highest BCUT2D eigenvalue weighted by Gasteiger charge is 2.27. The van der Waals surface area contributed by atoms with Crippen molar-refractivity contribution in [2.45, 2.75) is 31.8 Å². The van der Waals surface area contributed by atoms with Crippen LogP contribution >= 0.6 is 0 Å². The van der Waals surface area contributed by atoms with E-state index in [1.54, 1.807) is 29.3 Å². The number of amides is 1. The normalized spacial score (nSPS) is 18.0. The number of rotatable bonds is 4. The zero-order chi connectivity index (χ0) is 16.8. The third-order valence-electron chi connectivity index (χ3n) is 4.41. The molecule has 1 atom stereocenters. The van der Waals surface area contributed by atoms with E-state index in [-0.39, 0.29) is 17.5 Å². The van der Waals surface area contributed by atoms with E-state index in [2.05, 4.69) is 10.3 Å². The fourth-order valence-electron chi connectivity index (χ4n) is 3.13. The van der Waals surface area contributed by atoms with Crippen LogP contribution in [-0.2, 0) is 6.54 Å². The van der Waals surface area contributed by atoms with E-state index in [0.717, 1.165) is 38.0 Å². The van der Waals surface area contributed by atoms with Gasteiger partial charge in [-0.05, 0) is 56.6 Å². The first-order valence-corrected chi connectivity index (χ1v) is 8.42. The van der Waals surface area contributed by atoms with Gasteiger partial charge in [0.2, 0.25) is 0 Å². The molecular weight excluding hydrogens is 305 g/mol. The number of halogens is 1. The molecule has 0 saturated carbocycles. The lowest BCUT2D eigenvalue weighted by molar-refractivity contribution is 0.0637. The van der Waals surface area contributed by atoms with Gasteiger partial charge in [-0.25, -0.2) is 4.39 Å². The van der Waals surface area contributed by atoms with Crippen LogP contribution in [0.3, 0.4) is 0 Å². The van der Waals surface area contributed by atoms with Gasteiger partial charge >= 0.3 is 0 Å². The molecule has 1 aliphatic heterocycles. The molecule has 4 nitrogen and oxygen atoms in total. The lowest BCUT2D eigenvalue weighted by Gasteiger charge is -2.31. The number of aromatic nitrogens is 1. The predicted molar refractivity (Wildman–Crippen MR) is 91.0 cm³/mol. The maximum Gasteiger partial charge on any atom is 0.257 e. The largest absolute Gasteiger partial charge is 0.330 e. The van der Waals surface area contributed by atoms with Gasteiger partial charge in [-0.3, -0.25) is 9.78 Å². The summed E-state index contributed by atoms with van der Waals surface area (Å²) in [5.74, 6) is -0.731. The van der Waals surface area contributed by atoms with Crippen LogP contribution in [0.25, 0.3) is 0 Å². The molecule has 24 heavy (non-hydrogen) atoms. The van der Waals surface area contributed by atoms with Crippen molar-refractivity contribution in [1.29, 1.82) is 0 Å². The lowest BCUT2D eigenvalue weighted by atomic mass is 10.0. The monoisotopic (exact) mass is 327 g/mol. The van der Waals surface area contributed by atoms with Crippen LogP contribution in [0, 0.1) is 5.82 Å². The zero-order valence-electron chi connectivity index (χ0n) is 13.6. The van der Waals surface area contributed by atoms with Crippen molar-refractivity contribution in [2.24, 2.45) is 0 Å². The smallest absolute Gasteiger partial charge is 0.257 e. The second-order valence-electron chi connectivity index (χ2n) is 6.07. The predicted octanol–water partition coefficient (Wildman–Crippen LogP) is 3.01. The third kappa shape index (κ3) is 3.97. The summed E-state index contributed by atoms with van der Waals surface area (Å²) in [5, 5.41) is 3.36. The zero-order valence-corrected chi connectivity index (χ0v) is 13.6. The van der Waals surface area contributed by atoms with Crippen LogP contribution in [0.15, 0.2) is 48.7 Å². The molecule has 0 radical (unpaired) electrons. The van der Waals surface area contributed by atoms with Gasteiger partial charge in [0.15, 0.2) is 0 Å². The standard InChI is InChI=1S/C19H22FN3O/c20-18-9-2-1-8-17(18)19(24)23(14-15-6-3-4-12-22-15)16-7-5-11-21-13-10-16/h1-4,6,8-9,12,16,21H,5,7,10-11,13-14H2/t16-/m1/s1. The summed E-state index contributed by atoms with van der Waals surface area (Å²) in [7, 11) is 0. The number of carbonyl (C=O) groups excluding carboxylic acids is 1. The highest BCUT2D eigenvalue weighted by molar-refractivity contribution is 5.94. The fourth-order valence-corrected chi connectivity index (χ4v) is 3.13. The molecule has 5 heteroatoms. The summed E-state index contributed by atoms with van der Waals surface area (Å²) in [4.78, 5) is 19.1. The van der Waals surface area contributed by atoms with Crippen molar-refractivity contribution < 1.29 is 9.18 Å². The minimum Gasteiger partial charge on any atom is -0.330 e. The average molecular weight is 327 g/mol. The summed E-state index contributed by atoms with van der Waals surface area (Å²) in [6.07, 6.45) is 4.51. The number of benzene rings is 1. The van der Waals surface area contributed by atoms with Gasteiger partial charge < -0.3 is 10.2 Å². The Morgan fingerprint density at radius 1 is 1.17 bits per heavy atom. The Hall–Kier alpha value is -2.27. The topological polar surface area (TPSA) is 45.2 Å². The molecular formula is C19H22FN3O. The molecule has 1 aromatic carbocycles. The number of carbonyl (C=O) groups is 1.